The number of rotatable bonds is 5. The fourth-order valence-electron chi connectivity index (χ4n) is 1.59. The number of nitrogens with zero attached hydrogens (tertiary/aromatic N) is 1. The average molecular weight is 306 g/mol. The van der Waals surface area contributed by atoms with E-state index in [4.69, 9.17) is 4.74 Å². The summed E-state index contributed by atoms with van der Waals surface area (Å²) in [6.45, 7) is 1.45. The van der Waals surface area contributed by atoms with E-state index in [1.54, 1.807) is 24.3 Å². The molecule has 0 fully saturated rings. The normalized spacial score (nSPS) is 11.1. The van der Waals surface area contributed by atoms with Crippen LogP contribution in [0, 0.1) is 0 Å². The van der Waals surface area contributed by atoms with Gasteiger partial charge in [-0.25, -0.2) is 18.1 Å². The van der Waals surface area contributed by atoms with Crippen LogP contribution in [0.5, 0.6) is 11.6 Å². The van der Waals surface area contributed by atoms with Crippen LogP contribution in [0.25, 0.3) is 0 Å². The highest BCUT2D eigenvalue weighted by Gasteiger charge is 2.12. The molecule has 0 radical (unpaired) electrons. The predicted octanol–water partition coefficient (Wildman–Crippen LogP) is 1.98. The number of sulfonamides is 1. The van der Waals surface area contributed by atoms with E-state index in [9.17, 15) is 13.2 Å². The van der Waals surface area contributed by atoms with Gasteiger partial charge in [0.15, 0.2) is 5.78 Å². The van der Waals surface area contributed by atoms with Gasteiger partial charge >= 0.3 is 0 Å². The van der Waals surface area contributed by atoms with E-state index in [1.165, 1.54) is 32.3 Å². The molecule has 1 heterocycles. The van der Waals surface area contributed by atoms with Crippen molar-refractivity contribution in [2.24, 2.45) is 0 Å². The van der Waals surface area contributed by atoms with Crippen molar-refractivity contribution >= 4 is 15.8 Å². The zero-order chi connectivity index (χ0) is 15.5. The molecule has 0 amide bonds. The molecular weight excluding hydrogens is 292 g/mol. The number of Topliss-reactive ketones (excluding diaryl/α,β-unsaturated/α-hetero) is 1. The van der Waals surface area contributed by atoms with Gasteiger partial charge in [0.1, 0.15) is 5.75 Å². The summed E-state index contributed by atoms with van der Waals surface area (Å²) in [5.41, 5.74) is 0.480. The average Bonchev–Trinajstić information content (AvgIpc) is 2.48. The molecule has 2 aromatic rings. The minimum absolute atomic E-state index is 0.0869. The van der Waals surface area contributed by atoms with E-state index in [-0.39, 0.29) is 16.6 Å². The second-order valence-electron chi connectivity index (χ2n) is 4.23. The van der Waals surface area contributed by atoms with Crippen LogP contribution >= 0.6 is 0 Å². The fraction of sp³-hybridized carbons (Fsp3) is 0.143. The molecule has 0 spiro atoms. The molecule has 1 aromatic carbocycles. The van der Waals surface area contributed by atoms with E-state index in [1.807, 2.05) is 0 Å². The lowest BCUT2D eigenvalue weighted by atomic mass is 10.2. The summed E-state index contributed by atoms with van der Waals surface area (Å²) in [7, 11) is -2.19. The van der Waals surface area contributed by atoms with E-state index in [0.717, 1.165) is 0 Å². The van der Waals surface area contributed by atoms with Crippen molar-refractivity contribution in [3.63, 3.8) is 0 Å². The molecule has 0 bridgehead atoms. The number of pyridine rings is 1. The Morgan fingerprint density at radius 1 is 1.24 bits per heavy atom. The molecule has 0 aliphatic heterocycles. The number of hydrogen-bond acceptors (Lipinski definition) is 5. The first-order valence-corrected chi connectivity index (χ1v) is 7.59. The number of ketones is 1. The van der Waals surface area contributed by atoms with Gasteiger partial charge in [0.05, 0.1) is 4.90 Å². The summed E-state index contributed by atoms with van der Waals surface area (Å²) in [4.78, 5) is 15.2. The van der Waals surface area contributed by atoms with Crippen molar-refractivity contribution in [3.05, 3.63) is 48.2 Å². The Hall–Kier alpha value is -2.25. The molecule has 2 rings (SSSR count). The Labute approximate surface area is 122 Å². The first-order valence-electron chi connectivity index (χ1n) is 6.11. The van der Waals surface area contributed by atoms with Crippen LogP contribution in [0.1, 0.15) is 17.3 Å². The van der Waals surface area contributed by atoms with Crippen molar-refractivity contribution in [2.45, 2.75) is 11.8 Å². The van der Waals surface area contributed by atoms with E-state index in [0.29, 0.717) is 11.3 Å². The highest BCUT2D eigenvalue weighted by Crippen LogP contribution is 2.22. The van der Waals surface area contributed by atoms with Gasteiger partial charge in [0.25, 0.3) is 0 Å². The second kappa shape index (κ2) is 6.02. The minimum Gasteiger partial charge on any atom is -0.439 e. The van der Waals surface area contributed by atoms with Gasteiger partial charge in [-0.1, -0.05) is 6.07 Å². The molecule has 1 aromatic heterocycles. The molecule has 21 heavy (non-hydrogen) atoms. The summed E-state index contributed by atoms with van der Waals surface area (Å²) in [5.74, 6) is 0.532. The molecule has 0 aliphatic carbocycles. The first kappa shape index (κ1) is 15.1. The maximum Gasteiger partial charge on any atom is 0.240 e. The third-order valence-corrected chi connectivity index (χ3v) is 4.16. The van der Waals surface area contributed by atoms with E-state index < -0.39 is 10.0 Å². The summed E-state index contributed by atoms with van der Waals surface area (Å²) >= 11 is 0. The molecule has 110 valence electrons. The second-order valence-corrected chi connectivity index (χ2v) is 6.11. The smallest absolute Gasteiger partial charge is 0.240 e. The van der Waals surface area contributed by atoms with Crippen LogP contribution in [0.3, 0.4) is 0 Å². The highest BCUT2D eigenvalue weighted by molar-refractivity contribution is 7.89. The first-order chi connectivity index (χ1) is 9.92. The van der Waals surface area contributed by atoms with Gasteiger partial charge in [0, 0.05) is 23.9 Å². The topological polar surface area (TPSA) is 85.4 Å². The van der Waals surface area contributed by atoms with E-state index in [2.05, 4.69) is 9.71 Å². The van der Waals surface area contributed by atoms with Gasteiger partial charge in [-0.05, 0) is 32.2 Å². The van der Waals surface area contributed by atoms with Gasteiger partial charge < -0.3 is 4.74 Å². The summed E-state index contributed by atoms with van der Waals surface area (Å²) in [6, 6.07) is 9.20. The fourth-order valence-corrected chi connectivity index (χ4v) is 2.36. The quantitative estimate of drug-likeness (QED) is 0.854. The highest BCUT2D eigenvalue weighted by atomic mass is 32.2. The third kappa shape index (κ3) is 3.65. The molecule has 6 nitrogen and oxygen atoms in total. The van der Waals surface area contributed by atoms with Crippen molar-refractivity contribution in [3.8, 4) is 11.6 Å². The molecule has 0 saturated heterocycles. The number of benzene rings is 1. The van der Waals surface area contributed by atoms with E-state index >= 15 is 0 Å². The van der Waals surface area contributed by atoms with Crippen molar-refractivity contribution in [1.29, 1.82) is 0 Å². The molecule has 0 saturated carbocycles. The lowest BCUT2D eigenvalue weighted by molar-refractivity contribution is 0.101. The van der Waals surface area contributed by atoms with Crippen molar-refractivity contribution in [2.75, 3.05) is 7.05 Å². The summed E-state index contributed by atoms with van der Waals surface area (Å²) in [6.07, 6.45) is 1.41. The van der Waals surface area contributed by atoms with Crippen LogP contribution < -0.4 is 9.46 Å². The molecule has 0 unspecified atom stereocenters. The molecule has 1 N–H and O–H groups in total. The maximum absolute atomic E-state index is 11.7. The predicted molar refractivity (Wildman–Crippen MR) is 77.0 cm³/mol. The lowest BCUT2D eigenvalue weighted by Gasteiger charge is -2.07. The number of carbonyl (C=O) groups is 1. The van der Waals surface area contributed by atoms with Crippen LogP contribution in [-0.4, -0.2) is 26.2 Å². The number of nitrogens with one attached hydrogen (secondary N) is 1. The Bertz CT molecular complexity index is 755. The van der Waals surface area contributed by atoms with Crippen LogP contribution in [0.4, 0.5) is 0 Å². The zero-order valence-electron chi connectivity index (χ0n) is 11.5. The SMILES string of the molecule is CNS(=O)(=O)c1cccc(Oc2ccc(C(C)=O)cn2)c1. The van der Waals surface area contributed by atoms with Crippen LogP contribution in [0.15, 0.2) is 47.5 Å². The van der Waals surface area contributed by atoms with Gasteiger partial charge in [-0.2, -0.15) is 0 Å². The summed E-state index contributed by atoms with van der Waals surface area (Å²) in [5, 5.41) is 0. The van der Waals surface area contributed by atoms with Crippen LogP contribution in [-0.2, 0) is 10.0 Å². The van der Waals surface area contributed by atoms with Gasteiger partial charge in [-0.3, -0.25) is 4.79 Å². The zero-order valence-corrected chi connectivity index (χ0v) is 12.3. The number of carbonyl (C=O) groups excluding carboxylic acids is 1. The Morgan fingerprint density at radius 2 is 2.00 bits per heavy atom. The van der Waals surface area contributed by atoms with Crippen LogP contribution in [0.2, 0.25) is 0 Å². The molecule has 0 aliphatic rings. The number of aromatic nitrogens is 1. The molecule has 0 atom stereocenters. The third-order valence-electron chi connectivity index (χ3n) is 2.75. The van der Waals surface area contributed by atoms with Crippen molar-refractivity contribution in [1.82, 2.24) is 9.71 Å². The lowest BCUT2D eigenvalue weighted by Crippen LogP contribution is -2.18. The number of hydrogen-bond donors (Lipinski definition) is 1. The van der Waals surface area contributed by atoms with Crippen molar-refractivity contribution < 1.29 is 17.9 Å². The molecule has 7 heteroatoms. The van der Waals surface area contributed by atoms with Gasteiger partial charge in [-0.15, -0.1) is 0 Å². The minimum atomic E-state index is -3.53. The molecular formula is C14H14N2O4S. The van der Waals surface area contributed by atoms with Gasteiger partial charge in [0.2, 0.25) is 15.9 Å². The standard InChI is InChI=1S/C14H14N2O4S/c1-10(17)11-6-7-14(16-9-11)20-12-4-3-5-13(8-12)21(18,19)15-2/h3-9,15H,1-2H3. The largest absolute Gasteiger partial charge is 0.439 e. The number of ether oxygens (including phenoxy) is 1. The summed E-state index contributed by atoms with van der Waals surface area (Å²) < 4.78 is 31.1. The Kier molecular flexibility index (Phi) is 4.35. The monoisotopic (exact) mass is 306 g/mol. The Morgan fingerprint density at radius 3 is 2.57 bits per heavy atom. The Balaban J connectivity index is 2.24. The maximum atomic E-state index is 11.7.